The highest BCUT2D eigenvalue weighted by molar-refractivity contribution is 5.94. The Hall–Kier alpha value is -3.91. The molecular weight excluding hydrogens is 486 g/mol. The minimum absolute atomic E-state index is 0.0637. The highest BCUT2D eigenvalue weighted by Crippen LogP contribution is 2.37. The summed E-state index contributed by atoms with van der Waals surface area (Å²) < 4.78 is 1.84. The van der Waals surface area contributed by atoms with Crippen molar-refractivity contribution >= 4 is 28.9 Å². The van der Waals surface area contributed by atoms with E-state index in [4.69, 9.17) is 4.98 Å². The summed E-state index contributed by atoms with van der Waals surface area (Å²) in [6.45, 7) is 6.25. The van der Waals surface area contributed by atoms with E-state index in [-0.39, 0.29) is 11.3 Å². The lowest BCUT2D eigenvalue weighted by atomic mass is 9.74. The lowest BCUT2D eigenvalue weighted by Crippen LogP contribution is -2.43. The number of pyridine rings is 1. The summed E-state index contributed by atoms with van der Waals surface area (Å²) in [6, 6.07) is 22.9. The van der Waals surface area contributed by atoms with Gasteiger partial charge in [0.05, 0.1) is 5.69 Å². The summed E-state index contributed by atoms with van der Waals surface area (Å²) in [6.07, 6.45) is 6.11. The lowest BCUT2D eigenvalue weighted by Gasteiger charge is -2.40. The number of rotatable bonds is 6. The Morgan fingerprint density at radius 2 is 1.72 bits per heavy atom. The van der Waals surface area contributed by atoms with Crippen LogP contribution in [0, 0.1) is 0 Å². The summed E-state index contributed by atoms with van der Waals surface area (Å²) in [5.41, 5.74) is 5.11. The monoisotopic (exact) mass is 523 g/mol. The van der Waals surface area contributed by atoms with E-state index in [1.54, 1.807) is 0 Å². The fourth-order valence-corrected chi connectivity index (χ4v) is 5.95. The molecule has 4 heterocycles. The molecule has 0 radical (unpaired) electrons. The molecule has 2 fully saturated rings. The van der Waals surface area contributed by atoms with E-state index in [0.717, 1.165) is 68.9 Å². The van der Waals surface area contributed by atoms with Crippen molar-refractivity contribution in [2.24, 2.45) is 0 Å². The van der Waals surface area contributed by atoms with E-state index in [2.05, 4.69) is 64.0 Å². The van der Waals surface area contributed by atoms with Gasteiger partial charge < -0.3 is 20.4 Å². The van der Waals surface area contributed by atoms with Crippen molar-refractivity contribution in [1.29, 1.82) is 0 Å². The molecule has 0 saturated carbocycles. The van der Waals surface area contributed by atoms with E-state index >= 15 is 0 Å². The number of carbonyl (C=O) groups is 1. The normalized spacial score (nSPS) is 17.7. The van der Waals surface area contributed by atoms with Gasteiger partial charge in [0.2, 0.25) is 5.95 Å². The van der Waals surface area contributed by atoms with Gasteiger partial charge in [-0.1, -0.05) is 37.3 Å². The van der Waals surface area contributed by atoms with Crippen molar-refractivity contribution in [2.45, 2.75) is 44.1 Å². The van der Waals surface area contributed by atoms with Gasteiger partial charge in [0, 0.05) is 43.6 Å². The van der Waals surface area contributed by atoms with Crippen molar-refractivity contribution in [3.05, 3.63) is 84.1 Å². The third kappa shape index (κ3) is 5.21. The number of nitrogens with one attached hydrogen (secondary N) is 2. The third-order valence-corrected chi connectivity index (χ3v) is 8.58. The maximum absolute atomic E-state index is 13.0. The molecule has 2 saturated heterocycles. The van der Waals surface area contributed by atoms with Gasteiger partial charge in [-0.05, 0) is 86.1 Å². The Labute approximate surface area is 230 Å². The lowest BCUT2D eigenvalue weighted by molar-refractivity contribution is 0.0703. The molecule has 0 aliphatic carbocycles. The van der Waals surface area contributed by atoms with Crippen LogP contribution < -0.4 is 15.5 Å². The van der Waals surface area contributed by atoms with Crippen molar-refractivity contribution in [3.8, 4) is 0 Å². The molecule has 2 aliphatic heterocycles. The van der Waals surface area contributed by atoms with Gasteiger partial charge in [0.15, 0.2) is 5.65 Å². The Morgan fingerprint density at radius 1 is 1.00 bits per heavy atom. The van der Waals surface area contributed by atoms with Gasteiger partial charge in [-0.2, -0.15) is 4.98 Å². The van der Waals surface area contributed by atoms with Crippen molar-refractivity contribution in [2.75, 3.05) is 43.4 Å². The summed E-state index contributed by atoms with van der Waals surface area (Å²) in [4.78, 5) is 22.1. The number of hydrogen-bond acceptors (Lipinski definition) is 6. The average molecular weight is 524 g/mol. The number of amides is 1. The highest BCUT2D eigenvalue weighted by atomic mass is 16.2. The van der Waals surface area contributed by atoms with Crippen LogP contribution >= 0.6 is 0 Å². The molecule has 4 aromatic rings. The number of benzene rings is 2. The molecule has 2 N–H and O–H groups in total. The quantitative estimate of drug-likeness (QED) is 0.376. The molecule has 0 unspecified atom stereocenters. The zero-order valence-corrected chi connectivity index (χ0v) is 22.8. The molecule has 0 spiro atoms. The average Bonchev–Trinajstić information content (AvgIpc) is 3.41. The first-order chi connectivity index (χ1) is 19.0. The predicted molar refractivity (Wildman–Crippen MR) is 156 cm³/mol. The molecular formula is C31H37N7O. The number of aromatic nitrogens is 3. The smallest absolute Gasteiger partial charge is 0.253 e. The van der Waals surface area contributed by atoms with Gasteiger partial charge >= 0.3 is 0 Å². The molecule has 8 heteroatoms. The third-order valence-electron chi connectivity index (χ3n) is 8.58. The maximum atomic E-state index is 13.0. The van der Waals surface area contributed by atoms with Crippen molar-refractivity contribution in [1.82, 2.24) is 24.8 Å². The number of hydrogen-bond donors (Lipinski definition) is 2. The minimum Gasteiger partial charge on any atom is -0.368 e. The van der Waals surface area contributed by atoms with Crippen LogP contribution in [0.3, 0.4) is 0 Å². The SMILES string of the molecule is CN(C(=O)c1ccc(Nc2nc3c(N4CCC(C)(c5ccccc5)CC4)cccn3n2)cc1)C1CCNCC1. The fraction of sp³-hybridized carbons (Fsp3) is 0.387. The topological polar surface area (TPSA) is 77.8 Å². The van der Waals surface area contributed by atoms with E-state index < -0.39 is 0 Å². The molecule has 8 nitrogen and oxygen atoms in total. The highest BCUT2D eigenvalue weighted by Gasteiger charge is 2.32. The Bertz CT molecular complexity index is 1420. The largest absolute Gasteiger partial charge is 0.368 e. The zero-order valence-electron chi connectivity index (χ0n) is 22.8. The Morgan fingerprint density at radius 3 is 2.44 bits per heavy atom. The Balaban J connectivity index is 1.14. The molecule has 6 rings (SSSR count). The molecule has 0 atom stereocenters. The van der Waals surface area contributed by atoms with E-state index in [9.17, 15) is 4.79 Å². The maximum Gasteiger partial charge on any atom is 0.253 e. The van der Waals surface area contributed by atoms with Crippen LogP contribution in [-0.2, 0) is 5.41 Å². The van der Waals surface area contributed by atoms with E-state index in [0.29, 0.717) is 17.6 Å². The first-order valence-corrected chi connectivity index (χ1v) is 14.0. The molecule has 2 aromatic heterocycles. The number of piperidine rings is 2. The van der Waals surface area contributed by atoms with E-state index in [1.807, 2.05) is 53.0 Å². The summed E-state index contributed by atoms with van der Waals surface area (Å²) in [7, 11) is 1.91. The van der Waals surface area contributed by atoms with Crippen molar-refractivity contribution < 1.29 is 4.79 Å². The first kappa shape index (κ1) is 25.4. The van der Waals surface area contributed by atoms with Crippen LogP contribution in [0.25, 0.3) is 5.65 Å². The van der Waals surface area contributed by atoms with Crippen molar-refractivity contribution in [3.63, 3.8) is 0 Å². The number of anilines is 3. The molecule has 202 valence electrons. The summed E-state index contributed by atoms with van der Waals surface area (Å²) in [5, 5.41) is 11.4. The van der Waals surface area contributed by atoms with Crippen LogP contribution in [-0.4, -0.2) is 64.7 Å². The molecule has 2 aliphatic rings. The van der Waals surface area contributed by atoms with Gasteiger partial charge in [0.1, 0.15) is 0 Å². The molecule has 2 aromatic carbocycles. The Kier molecular flexibility index (Phi) is 6.95. The number of nitrogens with zero attached hydrogens (tertiary/aromatic N) is 5. The minimum atomic E-state index is 0.0637. The fourth-order valence-electron chi connectivity index (χ4n) is 5.95. The van der Waals surface area contributed by atoms with Crippen LogP contribution in [0.4, 0.5) is 17.3 Å². The second-order valence-corrected chi connectivity index (χ2v) is 11.1. The summed E-state index contributed by atoms with van der Waals surface area (Å²) in [5.74, 6) is 0.605. The number of carbonyl (C=O) groups excluding carboxylic acids is 1. The standard InChI is InChI=1S/C31H37N7O/c1-31(24-7-4-3-5-8-24)16-21-37(22-17-31)27-9-6-20-38-28(27)34-30(35-38)33-25-12-10-23(11-13-25)29(39)36(2)26-14-18-32-19-15-26/h3-13,20,26,32H,14-19,21-22H2,1-2H3,(H,33,35). The van der Waals surface area contributed by atoms with Crippen LogP contribution in [0.15, 0.2) is 72.9 Å². The van der Waals surface area contributed by atoms with Crippen LogP contribution in [0.5, 0.6) is 0 Å². The number of fused-ring (bicyclic) bond motifs is 1. The predicted octanol–water partition coefficient (Wildman–Crippen LogP) is 4.86. The zero-order chi connectivity index (χ0) is 26.8. The van der Waals surface area contributed by atoms with Crippen LogP contribution in [0.2, 0.25) is 0 Å². The molecule has 1 amide bonds. The second kappa shape index (κ2) is 10.7. The first-order valence-electron chi connectivity index (χ1n) is 14.0. The van der Waals surface area contributed by atoms with Gasteiger partial charge in [-0.25, -0.2) is 4.52 Å². The van der Waals surface area contributed by atoms with Crippen LogP contribution in [0.1, 0.15) is 48.5 Å². The van der Waals surface area contributed by atoms with Gasteiger partial charge in [-0.15, -0.1) is 5.10 Å². The van der Waals surface area contributed by atoms with Gasteiger partial charge in [-0.3, -0.25) is 4.79 Å². The second-order valence-electron chi connectivity index (χ2n) is 11.1. The van der Waals surface area contributed by atoms with E-state index in [1.165, 1.54) is 5.56 Å². The van der Waals surface area contributed by atoms with Gasteiger partial charge in [0.25, 0.3) is 5.91 Å². The molecule has 39 heavy (non-hydrogen) atoms. The molecule has 0 bridgehead atoms. The summed E-state index contributed by atoms with van der Waals surface area (Å²) >= 11 is 0.